The number of carbonyl (C=O) groups excluding carboxylic acids is 2. The van der Waals surface area contributed by atoms with E-state index in [0.717, 1.165) is 0 Å². The van der Waals surface area contributed by atoms with Crippen molar-refractivity contribution < 1.29 is 23.5 Å². The molecular formula is C20H28FN5O4S. The van der Waals surface area contributed by atoms with Crippen molar-refractivity contribution in [2.75, 3.05) is 49.1 Å². The van der Waals surface area contributed by atoms with Gasteiger partial charge in [-0.15, -0.1) is 0 Å². The standard InChI is InChI=1S/C20H28FN5O4S/c1-20(2,3)30-18(27)25-8-6-24(7-9-25)16-5-4-13(10-15(16)21)26-12-14(29-19(26)28)11-23-17(22)31/h4-5,10,14H,6-9,11-12H2,1-3H3,(H3,22,23,31)/t14-/m0/s1. The molecule has 0 aromatic heterocycles. The number of hydrogen-bond acceptors (Lipinski definition) is 6. The van der Waals surface area contributed by atoms with E-state index in [1.54, 1.807) is 17.0 Å². The summed E-state index contributed by atoms with van der Waals surface area (Å²) in [6, 6.07) is 4.64. The fourth-order valence-electron chi connectivity index (χ4n) is 3.43. The highest BCUT2D eigenvalue weighted by molar-refractivity contribution is 7.80. The van der Waals surface area contributed by atoms with E-state index >= 15 is 0 Å². The van der Waals surface area contributed by atoms with Crippen LogP contribution in [0.15, 0.2) is 18.2 Å². The molecule has 2 fully saturated rings. The second-order valence-electron chi connectivity index (χ2n) is 8.45. The summed E-state index contributed by atoms with van der Waals surface area (Å²) in [5.74, 6) is -0.444. The van der Waals surface area contributed by atoms with Crippen molar-refractivity contribution in [3.05, 3.63) is 24.0 Å². The maximum absolute atomic E-state index is 14.9. The number of thiocarbonyl (C=S) groups is 1. The number of nitrogens with one attached hydrogen (secondary N) is 1. The molecule has 0 saturated carbocycles. The van der Waals surface area contributed by atoms with Crippen LogP contribution in [-0.2, 0) is 9.47 Å². The summed E-state index contributed by atoms with van der Waals surface area (Å²) in [5, 5.41) is 2.88. The molecule has 1 atom stereocenters. The van der Waals surface area contributed by atoms with E-state index in [1.165, 1.54) is 11.0 Å². The molecule has 3 N–H and O–H groups in total. The molecule has 1 aromatic rings. The Bertz CT molecular complexity index is 854. The minimum Gasteiger partial charge on any atom is -0.444 e. The number of piperazine rings is 1. The van der Waals surface area contributed by atoms with E-state index < -0.39 is 23.6 Å². The van der Waals surface area contributed by atoms with Gasteiger partial charge in [0.15, 0.2) is 5.11 Å². The van der Waals surface area contributed by atoms with Crippen LogP contribution in [0.3, 0.4) is 0 Å². The van der Waals surface area contributed by atoms with E-state index in [2.05, 4.69) is 5.32 Å². The molecule has 2 amide bonds. The number of halogens is 1. The molecule has 0 bridgehead atoms. The molecule has 0 aliphatic carbocycles. The Morgan fingerprint density at radius 2 is 2.00 bits per heavy atom. The van der Waals surface area contributed by atoms with Gasteiger partial charge in [-0.3, -0.25) is 4.90 Å². The van der Waals surface area contributed by atoms with Crippen LogP contribution in [0.4, 0.5) is 25.4 Å². The second kappa shape index (κ2) is 9.13. The van der Waals surface area contributed by atoms with Crippen LogP contribution in [0.25, 0.3) is 0 Å². The van der Waals surface area contributed by atoms with Gasteiger partial charge in [-0.25, -0.2) is 14.0 Å². The van der Waals surface area contributed by atoms with Crippen LogP contribution in [-0.4, -0.2) is 73.2 Å². The number of benzene rings is 1. The zero-order chi connectivity index (χ0) is 22.8. The molecule has 2 aliphatic rings. The van der Waals surface area contributed by atoms with E-state index in [1.807, 2.05) is 25.7 Å². The van der Waals surface area contributed by atoms with Gasteiger partial charge in [0.2, 0.25) is 0 Å². The molecule has 2 heterocycles. The van der Waals surface area contributed by atoms with E-state index in [-0.39, 0.29) is 17.8 Å². The number of nitrogens with zero attached hydrogens (tertiary/aromatic N) is 3. The summed E-state index contributed by atoms with van der Waals surface area (Å²) in [6.07, 6.45) is -1.35. The van der Waals surface area contributed by atoms with Crippen molar-refractivity contribution in [3.63, 3.8) is 0 Å². The number of carbonyl (C=O) groups is 2. The lowest BCUT2D eigenvalue weighted by atomic mass is 10.2. The lowest BCUT2D eigenvalue weighted by molar-refractivity contribution is 0.0240. The van der Waals surface area contributed by atoms with Crippen LogP contribution in [0.1, 0.15) is 20.8 Å². The van der Waals surface area contributed by atoms with Gasteiger partial charge in [0, 0.05) is 26.2 Å². The Balaban J connectivity index is 1.60. The maximum atomic E-state index is 14.9. The number of anilines is 2. The predicted molar refractivity (Wildman–Crippen MR) is 119 cm³/mol. The number of ether oxygens (including phenoxy) is 2. The first-order valence-electron chi connectivity index (χ1n) is 10.1. The SMILES string of the molecule is CC(C)(C)OC(=O)N1CCN(c2ccc(N3C[C@H](CNC(N)=S)OC3=O)cc2F)CC1. The third kappa shape index (κ3) is 5.87. The number of nitrogens with two attached hydrogens (primary N) is 1. The van der Waals surface area contributed by atoms with Crippen molar-refractivity contribution in [1.82, 2.24) is 10.2 Å². The number of rotatable bonds is 4. The summed E-state index contributed by atoms with van der Waals surface area (Å²) in [4.78, 5) is 29.2. The van der Waals surface area contributed by atoms with Crippen molar-refractivity contribution in [3.8, 4) is 0 Å². The second-order valence-corrected chi connectivity index (χ2v) is 8.89. The van der Waals surface area contributed by atoms with E-state index in [9.17, 15) is 14.0 Å². The first-order chi connectivity index (χ1) is 14.5. The monoisotopic (exact) mass is 453 g/mol. The van der Waals surface area contributed by atoms with Crippen LogP contribution >= 0.6 is 12.2 Å². The molecule has 9 nitrogen and oxygen atoms in total. The van der Waals surface area contributed by atoms with Crippen molar-refractivity contribution in [2.45, 2.75) is 32.5 Å². The quantitative estimate of drug-likeness (QED) is 0.668. The Morgan fingerprint density at radius 3 is 2.58 bits per heavy atom. The average molecular weight is 454 g/mol. The number of cyclic esters (lactones) is 1. The summed E-state index contributed by atoms with van der Waals surface area (Å²) in [6.45, 7) is 7.85. The number of amides is 2. The number of hydrogen-bond donors (Lipinski definition) is 2. The minimum atomic E-state index is -0.557. The average Bonchev–Trinajstić information content (AvgIpc) is 3.06. The van der Waals surface area contributed by atoms with Crippen LogP contribution < -0.4 is 20.9 Å². The van der Waals surface area contributed by atoms with Gasteiger partial charge in [-0.1, -0.05) is 0 Å². The van der Waals surface area contributed by atoms with Gasteiger partial charge in [0.25, 0.3) is 0 Å². The van der Waals surface area contributed by atoms with Crippen LogP contribution in [0, 0.1) is 5.82 Å². The zero-order valence-electron chi connectivity index (χ0n) is 17.9. The molecule has 2 saturated heterocycles. The van der Waals surface area contributed by atoms with E-state index in [4.69, 9.17) is 27.4 Å². The van der Waals surface area contributed by atoms with Gasteiger partial charge < -0.3 is 30.3 Å². The lowest BCUT2D eigenvalue weighted by Gasteiger charge is -2.37. The van der Waals surface area contributed by atoms with Gasteiger partial charge in [-0.2, -0.15) is 0 Å². The molecule has 2 aliphatic heterocycles. The molecule has 11 heteroatoms. The fourth-order valence-corrected chi connectivity index (χ4v) is 3.51. The molecule has 0 spiro atoms. The topological polar surface area (TPSA) is 100 Å². The highest BCUT2D eigenvalue weighted by Gasteiger charge is 2.33. The smallest absolute Gasteiger partial charge is 0.414 e. The first kappa shape index (κ1) is 22.9. The van der Waals surface area contributed by atoms with E-state index in [0.29, 0.717) is 44.1 Å². The Hall–Kier alpha value is -2.82. The molecule has 170 valence electrons. The normalized spacial score (nSPS) is 19.3. The minimum absolute atomic E-state index is 0.122. The van der Waals surface area contributed by atoms with Crippen LogP contribution in [0.2, 0.25) is 0 Å². The third-order valence-corrected chi connectivity index (χ3v) is 5.04. The molecule has 0 unspecified atom stereocenters. The molecule has 3 rings (SSSR count). The van der Waals surface area contributed by atoms with Crippen LogP contribution in [0.5, 0.6) is 0 Å². The predicted octanol–water partition coefficient (Wildman–Crippen LogP) is 2.04. The van der Waals surface area contributed by atoms with Crippen molar-refractivity contribution >= 4 is 40.9 Å². The largest absolute Gasteiger partial charge is 0.444 e. The van der Waals surface area contributed by atoms with Gasteiger partial charge >= 0.3 is 12.2 Å². The van der Waals surface area contributed by atoms with Gasteiger partial charge in [0.1, 0.15) is 17.5 Å². The molecule has 0 radical (unpaired) electrons. The third-order valence-electron chi connectivity index (χ3n) is 4.89. The molecular weight excluding hydrogens is 425 g/mol. The highest BCUT2D eigenvalue weighted by Crippen LogP contribution is 2.28. The zero-order valence-corrected chi connectivity index (χ0v) is 18.7. The molecule has 1 aromatic carbocycles. The Morgan fingerprint density at radius 1 is 1.32 bits per heavy atom. The summed E-state index contributed by atoms with van der Waals surface area (Å²) in [5.41, 5.74) is 5.67. The van der Waals surface area contributed by atoms with Crippen molar-refractivity contribution in [2.24, 2.45) is 5.73 Å². The Labute approximate surface area is 186 Å². The molecule has 31 heavy (non-hydrogen) atoms. The lowest BCUT2D eigenvalue weighted by Crippen LogP contribution is -2.50. The van der Waals surface area contributed by atoms with Gasteiger partial charge in [-0.05, 0) is 51.2 Å². The van der Waals surface area contributed by atoms with Crippen molar-refractivity contribution in [1.29, 1.82) is 0 Å². The summed E-state index contributed by atoms with van der Waals surface area (Å²) in [7, 11) is 0. The summed E-state index contributed by atoms with van der Waals surface area (Å²) < 4.78 is 25.5. The highest BCUT2D eigenvalue weighted by atomic mass is 32.1. The maximum Gasteiger partial charge on any atom is 0.414 e. The first-order valence-corrected chi connectivity index (χ1v) is 10.5. The van der Waals surface area contributed by atoms with Gasteiger partial charge in [0.05, 0.1) is 24.5 Å². The summed E-state index contributed by atoms with van der Waals surface area (Å²) >= 11 is 4.75. The fraction of sp³-hybridized carbons (Fsp3) is 0.550. The Kier molecular flexibility index (Phi) is 6.73.